The molecule has 1 aliphatic heterocycles. The highest BCUT2D eigenvalue weighted by atomic mass is 32.2. The van der Waals surface area contributed by atoms with E-state index < -0.39 is 10.0 Å². The first kappa shape index (κ1) is 28.9. The smallest absolute Gasteiger partial charge is 0.268 e. The van der Waals surface area contributed by atoms with Gasteiger partial charge in [0.2, 0.25) is 0 Å². The Morgan fingerprint density at radius 3 is 1.98 bits per heavy atom. The van der Waals surface area contributed by atoms with Crippen LogP contribution < -0.4 is 4.31 Å². The van der Waals surface area contributed by atoms with Crippen LogP contribution in [0.15, 0.2) is 138 Å². The second kappa shape index (κ2) is 11.2. The van der Waals surface area contributed by atoms with Crippen LogP contribution in [0.25, 0.3) is 22.0 Å². The van der Waals surface area contributed by atoms with Crippen LogP contribution in [0, 0.1) is 27.7 Å². The Kier molecular flexibility index (Phi) is 7.22. The van der Waals surface area contributed by atoms with Gasteiger partial charge in [-0.3, -0.25) is 0 Å². The third-order valence-corrected chi connectivity index (χ3v) is 10.6. The SMILES string of the molecule is Cc1ccc(S(=O)(=O)N(/C=C2\Cc3c(-c4ccccc4)c4ccccc4n3C2c2ccccc2)c2c(C)cc(C)cc2C)cc1. The first-order valence-electron chi connectivity index (χ1n) is 15.4. The van der Waals surface area contributed by atoms with Gasteiger partial charge in [-0.1, -0.05) is 114 Å². The molecule has 1 aliphatic rings. The van der Waals surface area contributed by atoms with E-state index in [0.717, 1.165) is 44.5 Å². The molecule has 0 saturated heterocycles. The average molecular weight is 609 g/mol. The highest BCUT2D eigenvalue weighted by Gasteiger charge is 2.36. The molecule has 4 nitrogen and oxygen atoms in total. The second-order valence-corrected chi connectivity index (χ2v) is 13.9. The van der Waals surface area contributed by atoms with Crippen molar-refractivity contribution in [3.8, 4) is 11.1 Å². The molecule has 0 spiro atoms. The van der Waals surface area contributed by atoms with Crippen LogP contribution in [0.3, 0.4) is 0 Å². The lowest BCUT2D eigenvalue weighted by Gasteiger charge is -2.27. The Hall–Kier alpha value is -4.87. The van der Waals surface area contributed by atoms with Gasteiger partial charge in [0.25, 0.3) is 10.0 Å². The summed E-state index contributed by atoms with van der Waals surface area (Å²) in [4.78, 5) is 0.272. The van der Waals surface area contributed by atoms with Crippen molar-refractivity contribution in [1.82, 2.24) is 4.57 Å². The quantitative estimate of drug-likeness (QED) is 0.189. The molecule has 0 bridgehead atoms. The number of hydrogen-bond donors (Lipinski definition) is 0. The minimum atomic E-state index is -3.95. The molecule has 1 aromatic heterocycles. The number of allylic oxidation sites excluding steroid dienone is 1. The Labute approximate surface area is 266 Å². The molecular weight excluding hydrogens is 573 g/mol. The van der Waals surface area contributed by atoms with E-state index in [2.05, 4.69) is 89.5 Å². The highest BCUT2D eigenvalue weighted by Crippen LogP contribution is 2.47. The predicted octanol–water partition coefficient (Wildman–Crippen LogP) is 9.47. The van der Waals surface area contributed by atoms with Crippen LogP contribution in [0.5, 0.6) is 0 Å². The van der Waals surface area contributed by atoms with Crippen molar-refractivity contribution >= 4 is 26.6 Å². The van der Waals surface area contributed by atoms with Crippen molar-refractivity contribution in [2.45, 2.75) is 45.1 Å². The summed E-state index contributed by atoms with van der Waals surface area (Å²) in [5.41, 5.74) is 11.5. The van der Waals surface area contributed by atoms with Gasteiger partial charge in [0, 0.05) is 34.8 Å². The fraction of sp³-hybridized carbons (Fsp3) is 0.150. The monoisotopic (exact) mass is 608 g/mol. The van der Waals surface area contributed by atoms with Crippen LogP contribution in [0.4, 0.5) is 5.69 Å². The molecule has 0 amide bonds. The highest BCUT2D eigenvalue weighted by molar-refractivity contribution is 7.93. The van der Waals surface area contributed by atoms with Gasteiger partial charge in [0.1, 0.15) is 0 Å². The third-order valence-electron chi connectivity index (χ3n) is 8.89. The number of anilines is 1. The number of aryl methyl sites for hydroxylation is 4. The number of aromatic nitrogens is 1. The van der Waals surface area contributed by atoms with E-state index in [1.807, 2.05) is 58.2 Å². The van der Waals surface area contributed by atoms with Crippen LogP contribution in [0.1, 0.15) is 39.6 Å². The lowest BCUT2D eigenvalue weighted by molar-refractivity contribution is 0.595. The third kappa shape index (κ3) is 4.98. The predicted molar refractivity (Wildman–Crippen MR) is 185 cm³/mol. The van der Waals surface area contributed by atoms with Gasteiger partial charge in [0.05, 0.1) is 16.6 Å². The molecule has 5 aromatic carbocycles. The second-order valence-electron chi connectivity index (χ2n) is 12.1. The molecule has 1 atom stereocenters. The topological polar surface area (TPSA) is 42.3 Å². The van der Waals surface area contributed by atoms with Crippen LogP contribution in [-0.4, -0.2) is 13.0 Å². The maximum absolute atomic E-state index is 14.7. The minimum absolute atomic E-state index is 0.176. The van der Waals surface area contributed by atoms with E-state index in [9.17, 15) is 8.42 Å². The summed E-state index contributed by atoms with van der Waals surface area (Å²) in [6, 6.07) is 40.6. The van der Waals surface area contributed by atoms with Crippen molar-refractivity contribution in [2.24, 2.45) is 0 Å². The molecule has 7 rings (SSSR count). The molecule has 1 unspecified atom stereocenters. The van der Waals surface area contributed by atoms with E-state index in [0.29, 0.717) is 12.1 Å². The largest absolute Gasteiger partial charge is 0.332 e. The molecule has 2 heterocycles. The van der Waals surface area contributed by atoms with Crippen LogP contribution in [0.2, 0.25) is 0 Å². The van der Waals surface area contributed by atoms with Crippen molar-refractivity contribution in [2.75, 3.05) is 4.31 Å². The van der Waals surface area contributed by atoms with Gasteiger partial charge in [-0.25, -0.2) is 12.7 Å². The summed E-state index contributed by atoms with van der Waals surface area (Å²) >= 11 is 0. The lowest BCUT2D eigenvalue weighted by atomic mass is 9.95. The summed E-state index contributed by atoms with van der Waals surface area (Å²) in [5, 5.41) is 1.20. The molecule has 0 radical (unpaired) electrons. The summed E-state index contributed by atoms with van der Waals surface area (Å²) < 4.78 is 33.3. The zero-order valence-electron chi connectivity index (χ0n) is 26.0. The number of benzene rings is 5. The van der Waals surface area contributed by atoms with Crippen LogP contribution in [-0.2, 0) is 16.4 Å². The Morgan fingerprint density at radius 1 is 0.711 bits per heavy atom. The maximum atomic E-state index is 14.7. The molecule has 5 heteroatoms. The molecule has 6 aromatic rings. The van der Waals surface area contributed by atoms with E-state index in [-0.39, 0.29) is 10.9 Å². The normalized spacial score (nSPS) is 15.5. The van der Waals surface area contributed by atoms with Crippen molar-refractivity contribution in [3.63, 3.8) is 0 Å². The van der Waals surface area contributed by atoms with E-state index in [1.54, 1.807) is 16.4 Å². The first-order chi connectivity index (χ1) is 21.7. The van der Waals surface area contributed by atoms with Gasteiger partial charge in [-0.15, -0.1) is 0 Å². The summed E-state index contributed by atoms with van der Waals surface area (Å²) in [6.45, 7) is 8.02. The van der Waals surface area contributed by atoms with Gasteiger partial charge in [0.15, 0.2) is 0 Å². The van der Waals surface area contributed by atoms with E-state index in [1.165, 1.54) is 16.6 Å². The summed E-state index contributed by atoms with van der Waals surface area (Å²) in [5.74, 6) is 0. The first-order valence-corrected chi connectivity index (χ1v) is 16.8. The fourth-order valence-electron chi connectivity index (χ4n) is 7.03. The number of sulfonamides is 1. The van der Waals surface area contributed by atoms with Crippen molar-refractivity contribution < 1.29 is 8.42 Å². The van der Waals surface area contributed by atoms with Gasteiger partial charge < -0.3 is 4.57 Å². The summed E-state index contributed by atoms with van der Waals surface area (Å²) in [6.07, 6.45) is 2.52. The Balaban J connectivity index is 1.51. The lowest BCUT2D eigenvalue weighted by Crippen LogP contribution is -2.28. The molecule has 45 heavy (non-hydrogen) atoms. The number of fused-ring (bicyclic) bond motifs is 3. The number of nitrogens with zero attached hydrogens (tertiary/aromatic N) is 2. The maximum Gasteiger partial charge on any atom is 0.268 e. The Bertz CT molecular complexity index is 2160. The number of para-hydroxylation sites is 1. The molecule has 0 saturated carbocycles. The number of hydrogen-bond acceptors (Lipinski definition) is 2. The van der Waals surface area contributed by atoms with Gasteiger partial charge in [-0.2, -0.15) is 0 Å². The Morgan fingerprint density at radius 2 is 1.31 bits per heavy atom. The van der Waals surface area contributed by atoms with Crippen molar-refractivity contribution in [3.05, 3.63) is 167 Å². The van der Waals surface area contributed by atoms with E-state index in [4.69, 9.17) is 0 Å². The average Bonchev–Trinajstić information content (AvgIpc) is 3.55. The molecule has 0 N–H and O–H groups in total. The van der Waals surface area contributed by atoms with Crippen LogP contribution >= 0.6 is 0 Å². The molecule has 0 aliphatic carbocycles. The van der Waals surface area contributed by atoms with Gasteiger partial charge in [-0.05, 0) is 73.7 Å². The minimum Gasteiger partial charge on any atom is -0.332 e. The zero-order chi connectivity index (χ0) is 31.3. The molecule has 0 fully saturated rings. The van der Waals surface area contributed by atoms with E-state index >= 15 is 0 Å². The fourth-order valence-corrected chi connectivity index (χ4v) is 8.54. The summed E-state index contributed by atoms with van der Waals surface area (Å²) in [7, 11) is -3.95. The van der Waals surface area contributed by atoms with Crippen molar-refractivity contribution in [1.29, 1.82) is 0 Å². The molecular formula is C40H36N2O2S. The zero-order valence-corrected chi connectivity index (χ0v) is 26.8. The molecule has 224 valence electrons. The number of rotatable bonds is 6. The van der Waals surface area contributed by atoms with Gasteiger partial charge >= 0.3 is 0 Å². The standard InChI is InChI=1S/C40H36N2O2S/c1-27-19-21-34(22-20-27)45(43,44)41(39-29(3)23-28(2)24-30(39)4)26-33-25-37-38(31-13-7-5-8-14-31)35-17-11-12-18-36(35)42(37)40(33)32-15-9-6-10-16-32/h5-24,26,40H,25H2,1-4H3/b33-26+.